The number of para-hydroxylation sites is 1. The van der Waals surface area contributed by atoms with Crippen LogP contribution in [0.5, 0.6) is 5.75 Å². The van der Waals surface area contributed by atoms with Crippen molar-refractivity contribution in [3.8, 4) is 5.75 Å². The van der Waals surface area contributed by atoms with Crippen molar-refractivity contribution in [1.29, 1.82) is 0 Å². The van der Waals surface area contributed by atoms with E-state index in [1.807, 2.05) is 66.7 Å². The van der Waals surface area contributed by atoms with Crippen LogP contribution in [0.2, 0.25) is 0 Å². The smallest absolute Gasteiger partial charge is 0.331 e. The number of carbonyl (C=O) groups is 3. The zero-order valence-corrected chi connectivity index (χ0v) is 21.8. The topological polar surface area (TPSA) is 102 Å². The monoisotopic (exact) mass is 532 g/mol. The fraction of sp³-hybridized carbons (Fsp3) is 0.276. The average Bonchev–Trinajstić information content (AvgIpc) is 3.13. The molecule has 9 heteroatoms. The molecule has 0 saturated carbocycles. The van der Waals surface area contributed by atoms with E-state index in [9.17, 15) is 18.6 Å². The molecular weight excluding hydrogens is 504 g/mol. The van der Waals surface area contributed by atoms with E-state index >= 15 is 0 Å². The lowest BCUT2D eigenvalue weighted by atomic mass is 9.95. The summed E-state index contributed by atoms with van der Waals surface area (Å²) in [6.45, 7) is 3.06. The number of benzene rings is 3. The van der Waals surface area contributed by atoms with E-state index in [4.69, 9.17) is 9.47 Å². The zero-order chi connectivity index (χ0) is 26.9. The molecule has 3 aromatic rings. The molecule has 0 aromatic heterocycles. The van der Waals surface area contributed by atoms with Crippen molar-refractivity contribution in [3.05, 3.63) is 102 Å². The van der Waals surface area contributed by atoms with E-state index in [-0.39, 0.29) is 6.61 Å². The molecule has 2 aliphatic rings. The molecule has 0 aliphatic carbocycles. The molecule has 2 aliphatic heterocycles. The van der Waals surface area contributed by atoms with Gasteiger partial charge in [0.15, 0.2) is 12.7 Å². The first-order valence-corrected chi connectivity index (χ1v) is 13.5. The predicted molar refractivity (Wildman–Crippen MR) is 141 cm³/mol. The van der Waals surface area contributed by atoms with Gasteiger partial charge in [0.05, 0.1) is 15.5 Å². The molecule has 0 radical (unpaired) electrons. The van der Waals surface area contributed by atoms with E-state index in [0.29, 0.717) is 5.75 Å². The molecule has 2 amide bonds. The average molecular weight is 533 g/mol. The summed E-state index contributed by atoms with van der Waals surface area (Å²) in [6, 6.07) is 25.4. The number of nitrogens with one attached hydrogen (secondary N) is 1. The number of rotatable bonds is 8. The number of hydrogen-bond donors (Lipinski definition) is 1. The minimum atomic E-state index is -1.63. The van der Waals surface area contributed by atoms with Crippen LogP contribution in [0.1, 0.15) is 31.1 Å². The molecule has 8 nitrogen and oxygen atoms in total. The molecule has 0 spiro atoms. The zero-order valence-electron chi connectivity index (χ0n) is 21.0. The van der Waals surface area contributed by atoms with E-state index in [0.717, 1.165) is 11.1 Å². The van der Waals surface area contributed by atoms with Crippen LogP contribution >= 0.6 is 0 Å². The first kappa shape index (κ1) is 25.7. The fourth-order valence-electron chi connectivity index (χ4n) is 4.92. The lowest BCUT2D eigenvalue weighted by molar-refractivity contribution is -0.166. The van der Waals surface area contributed by atoms with Crippen molar-refractivity contribution >= 4 is 28.6 Å². The second-order valence-electron chi connectivity index (χ2n) is 9.72. The van der Waals surface area contributed by atoms with Crippen LogP contribution in [0, 0.1) is 0 Å². The maximum atomic E-state index is 13.6. The Morgan fingerprint density at radius 3 is 2.00 bits per heavy atom. The summed E-state index contributed by atoms with van der Waals surface area (Å²) in [4.78, 5) is 40.6. The molecule has 0 bridgehead atoms. The summed E-state index contributed by atoms with van der Waals surface area (Å²) in [6.07, 6.45) is -0.699. The Kier molecular flexibility index (Phi) is 7.03. The Bertz CT molecular complexity index is 1310. The van der Waals surface area contributed by atoms with Gasteiger partial charge in [0.25, 0.3) is 5.91 Å². The summed E-state index contributed by atoms with van der Waals surface area (Å²) < 4.78 is 23.9. The van der Waals surface area contributed by atoms with Gasteiger partial charge in [-0.2, -0.15) is 0 Å². The number of esters is 1. The van der Waals surface area contributed by atoms with Gasteiger partial charge >= 0.3 is 5.97 Å². The van der Waals surface area contributed by atoms with Crippen molar-refractivity contribution in [2.24, 2.45) is 0 Å². The maximum Gasteiger partial charge on any atom is 0.331 e. The molecule has 38 heavy (non-hydrogen) atoms. The van der Waals surface area contributed by atoms with Crippen LogP contribution in [0.4, 0.5) is 0 Å². The maximum absolute atomic E-state index is 13.6. The molecule has 196 valence electrons. The summed E-state index contributed by atoms with van der Waals surface area (Å²) in [5.74, 6) is -1.11. The predicted octanol–water partition coefficient (Wildman–Crippen LogP) is 2.96. The van der Waals surface area contributed by atoms with Crippen LogP contribution in [-0.4, -0.2) is 55.7 Å². The minimum Gasteiger partial charge on any atom is -0.484 e. The van der Waals surface area contributed by atoms with Gasteiger partial charge in [0.1, 0.15) is 23.2 Å². The fourth-order valence-corrected chi connectivity index (χ4v) is 6.84. The molecule has 1 unspecified atom stereocenters. The Labute approximate surface area is 223 Å². The van der Waals surface area contributed by atoms with Crippen molar-refractivity contribution < 1.29 is 28.1 Å². The number of β-lactam (4-membered cyclic amide) rings is 1. The quantitative estimate of drug-likeness (QED) is 0.354. The van der Waals surface area contributed by atoms with Gasteiger partial charge < -0.3 is 19.7 Å². The van der Waals surface area contributed by atoms with Crippen molar-refractivity contribution in [1.82, 2.24) is 10.2 Å². The van der Waals surface area contributed by atoms with E-state index < -0.39 is 56.9 Å². The highest BCUT2D eigenvalue weighted by Gasteiger charge is 2.68. The van der Waals surface area contributed by atoms with Crippen molar-refractivity contribution in [2.45, 2.75) is 42.2 Å². The molecule has 2 fully saturated rings. The summed E-state index contributed by atoms with van der Waals surface area (Å²) in [7, 11) is -1.63. The largest absolute Gasteiger partial charge is 0.484 e. The van der Waals surface area contributed by atoms with E-state index in [1.165, 1.54) is 4.90 Å². The number of amides is 2. The first-order valence-electron chi connectivity index (χ1n) is 12.3. The van der Waals surface area contributed by atoms with Gasteiger partial charge in [-0.05, 0) is 37.1 Å². The highest BCUT2D eigenvalue weighted by molar-refractivity contribution is 7.87. The van der Waals surface area contributed by atoms with E-state index in [1.54, 1.807) is 38.1 Å². The van der Waals surface area contributed by atoms with E-state index in [2.05, 4.69) is 5.32 Å². The number of ether oxygens (including phenoxy) is 2. The molecule has 1 N–H and O–H groups in total. The third-order valence-corrected chi connectivity index (χ3v) is 9.04. The van der Waals surface area contributed by atoms with Gasteiger partial charge in [-0.3, -0.25) is 13.8 Å². The summed E-state index contributed by atoms with van der Waals surface area (Å²) in [5, 5.41) is 1.80. The number of hydrogen-bond acceptors (Lipinski definition) is 6. The standard InChI is InChI=1S/C29H28N2O6S/c1-29(2)25(28(34)37-24(19-12-6-3-7-13-19)20-14-8-4-9-15-20)31-26(33)23(27(31)38(29)35)30-22(32)18-36-21-16-10-5-11-17-21/h3-17,23-25,27H,18H2,1-2H3,(H,30,32)/t23-,25+,27-,38?/m1/s1. The summed E-state index contributed by atoms with van der Waals surface area (Å²) in [5.41, 5.74) is 1.55. The third-order valence-electron chi connectivity index (χ3n) is 6.85. The molecule has 4 atom stereocenters. The van der Waals surface area contributed by atoms with Gasteiger partial charge in [0.2, 0.25) is 5.91 Å². The Morgan fingerprint density at radius 2 is 1.45 bits per heavy atom. The van der Waals surface area contributed by atoms with Gasteiger partial charge in [0, 0.05) is 0 Å². The number of carbonyl (C=O) groups excluding carboxylic acids is 3. The number of nitrogens with zero attached hydrogens (tertiary/aromatic N) is 1. The Morgan fingerprint density at radius 1 is 0.921 bits per heavy atom. The Balaban J connectivity index is 1.32. The highest BCUT2D eigenvalue weighted by Crippen LogP contribution is 2.44. The van der Waals surface area contributed by atoms with Gasteiger partial charge in [-0.15, -0.1) is 0 Å². The normalized spacial score (nSPS) is 23.3. The lowest BCUT2D eigenvalue weighted by Crippen LogP contribution is -2.72. The minimum absolute atomic E-state index is 0.294. The Hall–Kier alpha value is -3.98. The molecule has 5 rings (SSSR count). The van der Waals surface area contributed by atoms with Gasteiger partial charge in [-0.25, -0.2) is 4.79 Å². The second-order valence-corrected chi connectivity index (χ2v) is 11.9. The molecule has 2 saturated heterocycles. The molecule has 2 heterocycles. The first-order chi connectivity index (χ1) is 18.3. The highest BCUT2D eigenvalue weighted by atomic mass is 32.2. The summed E-state index contributed by atoms with van der Waals surface area (Å²) >= 11 is 0. The van der Waals surface area contributed by atoms with Crippen LogP contribution in [0.15, 0.2) is 91.0 Å². The van der Waals surface area contributed by atoms with Crippen molar-refractivity contribution in [3.63, 3.8) is 0 Å². The van der Waals surface area contributed by atoms with Crippen LogP contribution in [-0.2, 0) is 29.9 Å². The van der Waals surface area contributed by atoms with Crippen LogP contribution < -0.4 is 10.1 Å². The molecular formula is C29H28N2O6S. The third kappa shape index (κ3) is 4.69. The van der Waals surface area contributed by atoms with Crippen LogP contribution in [0.3, 0.4) is 0 Å². The lowest BCUT2D eigenvalue weighted by Gasteiger charge is -2.43. The van der Waals surface area contributed by atoms with Crippen LogP contribution in [0.25, 0.3) is 0 Å². The molecule has 3 aromatic carbocycles. The second kappa shape index (κ2) is 10.4. The van der Waals surface area contributed by atoms with Gasteiger partial charge in [-0.1, -0.05) is 78.9 Å². The van der Waals surface area contributed by atoms with Crippen molar-refractivity contribution in [2.75, 3.05) is 6.61 Å². The SMILES string of the molecule is CC1(C)[C@H](C(=O)OC(c2ccccc2)c2ccccc2)N2C(=O)[C@@H](NC(=O)COc3ccccc3)[C@H]2S1=O. The number of fused-ring (bicyclic) bond motifs is 1.